The molecule has 0 atom stereocenters. The maximum absolute atomic E-state index is 13.5. The van der Waals surface area contributed by atoms with E-state index in [9.17, 15) is 9.18 Å². The number of carbonyl (C=O) groups is 1. The number of hydrogen-bond acceptors (Lipinski definition) is 5. The molecule has 41 heavy (non-hydrogen) atoms. The standard InChI is InChI=1S/C32H40FN7O/c1-21(2)19-40(20-22(3)4)29-16-13-24(26-9-7-8-10-27(26)30-36-38-39-37-30)17-28(29)34-31(41)35-32(5,6)18-23-11-14-25(33)15-12-23/h7-17,21-22H,18-20H2,1-6H3,(H2,34,35,41)(H,36,37,38,39). The van der Waals surface area contributed by atoms with E-state index in [2.05, 4.69) is 76.0 Å². The van der Waals surface area contributed by atoms with Crippen molar-refractivity contribution >= 4 is 17.4 Å². The minimum atomic E-state index is -0.569. The first-order valence-electron chi connectivity index (χ1n) is 14.1. The molecular weight excluding hydrogens is 517 g/mol. The molecule has 0 radical (unpaired) electrons. The first-order valence-corrected chi connectivity index (χ1v) is 14.1. The summed E-state index contributed by atoms with van der Waals surface area (Å²) in [5, 5.41) is 20.9. The summed E-state index contributed by atoms with van der Waals surface area (Å²) in [6.07, 6.45) is 0.554. The molecule has 1 heterocycles. The zero-order valence-electron chi connectivity index (χ0n) is 24.7. The smallest absolute Gasteiger partial charge is 0.319 e. The summed E-state index contributed by atoms with van der Waals surface area (Å²) >= 11 is 0. The number of hydrogen-bond donors (Lipinski definition) is 3. The second-order valence-electron chi connectivity index (χ2n) is 12.0. The minimum absolute atomic E-state index is 0.280. The molecule has 3 N–H and O–H groups in total. The fourth-order valence-electron chi connectivity index (χ4n) is 5.06. The Morgan fingerprint density at radius 3 is 2.22 bits per heavy atom. The van der Waals surface area contributed by atoms with Crippen molar-refractivity contribution in [2.24, 2.45) is 11.8 Å². The van der Waals surface area contributed by atoms with Gasteiger partial charge in [0, 0.05) is 24.2 Å². The molecule has 0 aliphatic rings. The number of amides is 2. The number of H-pyrrole nitrogens is 1. The summed E-state index contributed by atoms with van der Waals surface area (Å²) in [4.78, 5) is 15.8. The molecule has 4 aromatic rings. The fourth-order valence-corrected chi connectivity index (χ4v) is 5.06. The second kappa shape index (κ2) is 12.9. The van der Waals surface area contributed by atoms with Crippen LogP contribution in [-0.4, -0.2) is 45.3 Å². The van der Waals surface area contributed by atoms with Crippen molar-refractivity contribution in [3.05, 3.63) is 78.1 Å². The van der Waals surface area contributed by atoms with E-state index in [1.54, 1.807) is 12.1 Å². The molecule has 0 aliphatic heterocycles. The Bertz CT molecular complexity index is 1420. The second-order valence-corrected chi connectivity index (χ2v) is 12.0. The number of carbonyl (C=O) groups excluding carboxylic acids is 1. The molecule has 0 saturated heterocycles. The van der Waals surface area contributed by atoms with E-state index in [0.717, 1.165) is 41.0 Å². The molecule has 8 nitrogen and oxygen atoms in total. The molecule has 0 fully saturated rings. The maximum atomic E-state index is 13.5. The van der Waals surface area contributed by atoms with Crippen molar-refractivity contribution in [2.45, 2.75) is 53.5 Å². The Morgan fingerprint density at radius 1 is 0.951 bits per heavy atom. The van der Waals surface area contributed by atoms with Gasteiger partial charge in [-0.3, -0.25) is 0 Å². The highest BCUT2D eigenvalue weighted by Gasteiger charge is 2.23. The topological polar surface area (TPSA) is 98.8 Å². The van der Waals surface area contributed by atoms with E-state index in [4.69, 9.17) is 0 Å². The Balaban J connectivity index is 1.68. The highest BCUT2D eigenvalue weighted by atomic mass is 19.1. The summed E-state index contributed by atoms with van der Waals surface area (Å²) in [7, 11) is 0. The van der Waals surface area contributed by atoms with Crippen molar-refractivity contribution in [2.75, 3.05) is 23.3 Å². The SMILES string of the molecule is CC(C)CN(CC(C)C)c1ccc(-c2ccccc2-c2nn[nH]n2)cc1NC(=O)NC(C)(C)Cc1ccc(F)cc1. The number of rotatable bonds is 11. The minimum Gasteiger partial charge on any atom is -0.369 e. The van der Waals surface area contributed by atoms with Crippen LogP contribution in [0.25, 0.3) is 22.5 Å². The van der Waals surface area contributed by atoms with Gasteiger partial charge in [0.2, 0.25) is 5.82 Å². The number of anilines is 2. The van der Waals surface area contributed by atoms with Gasteiger partial charge in [0.05, 0.1) is 11.4 Å². The third-order valence-corrected chi connectivity index (χ3v) is 6.59. The molecule has 4 rings (SSSR count). The Hall–Kier alpha value is -4.27. The van der Waals surface area contributed by atoms with E-state index in [0.29, 0.717) is 29.8 Å². The number of benzene rings is 3. The molecule has 0 aliphatic carbocycles. The van der Waals surface area contributed by atoms with Crippen LogP contribution >= 0.6 is 0 Å². The van der Waals surface area contributed by atoms with E-state index < -0.39 is 5.54 Å². The summed E-state index contributed by atoms with van der Waals surface area (Å²) in [6.45, 7) is 14.4. The number of nitrogens with zero attached hydrogens (tertiary/aromatic N) is 4. The normalized spacial score (nSPS) is 11.6. The zero-order chi connectivity index (χ0) is 29.6. The molecule has 2 amide bonds. The number of urea groups is 1. The van der Waals surface area contributed by atoms with Gasteiger partial charge in [-0.05, 0) is 78.3 Å². The number of tetrazole rings is 1. The molecular formula is C32H40FN7O. The summed E-state index contributed by atoms with van der Waals surface area (Å²) in [5.41, 5.74) is 4.73. The first kappa shape index (κ1) is 29.7. The van der Waals surface area contributed by atoms with Gasteiger partial charge in [-0.15, -0.1) is 10.2 Å². The van der Waals surface area contributed by atoms with E-state index in [1.165, 1.54) is 12.1 Å². The van der Waals surface area contributed by atoms with Crippen LogP contribution in [0.5, 0.6) is 0 Å². The first-order chi connectivity index (χ1) is 19.5. The van der Waals surface area contributed by atoms with Crippen LogP contribution in [0.2, 0.25) is 0 Å². The van der Waals surface area contributed by atoms with E-state index in [1.807, 2.05) is 44.2 Å². The van der Waals surface area contributed by atoms with Gasteiger partial charge in [-0.25, -0.2) is 9.18 Å². The highest BCUT2D eigenvalue weighted by Crippen LogP contribution is 2.36. The average molecular weight is 558 g/mol. The van der Waals surface area contributed by atoms with Crippen LogP contribution < -0.4 is 15.5 Å². The number of nitrogens with one attached hydrogen (secondary N) is 3. The Morgan fingerprint density at radius 2 is 1.61 bits per heavy atom. The molecule has 216 valence electrons. The number of halogens is 1. The van der Waals surface area contributed by atoms with Crippen LogP contribution in [0.1, 0.15) is 47.1 Å². The van der Waals surface area contributed by atoms with Crippen molar-refractivity contribution in [1.29, 1.82) is 0 Å². The number of aromatic nitrogens is 4. The lowest BCUT2D eigenvalue weighted by Gasteiger charge is -2.31. The lowest BCUT2D eigenvalue weighted by molar-refractivity contribution is 0.241. The van der Waals surface area contributed by atoms with Crippen molar-refractivity contribution in [1.82, 2.24) is 25.9 Å². The van der Waals surface area contributed by atoms with Crippen molar-refractivity contribution < 1.29 is 9.18 Å². The lowest BCUT2D eigenvalue weighted by atomic mass is 9.95. The van der Waals surface area contributed by atoms with Crippen LogP contribution in [0.4, 0.5) is 20.6 Å². The van der Waals surface area contributed by atoms with E-state index in [-0.39, 0.29) is 11.8 Å². The summed E-state index contributed by atoms with van der Waals surface area (Å²) < 4.78 is 13.4. The monoisotopic (exact) mass is 557 g/mol. The molecule has 0 unspecified atom stereocenters. The van der Waals surface area contributed by atoms with Gasteiger partial charge < -0.3 is 15.5 Å². The van der Waals surface area contributed by atoms with Gasteiger partial charge >= 0.3 is 6.03 Å². The molecule has 0 saturated carbocycles. The zero-order valence-corrected chi connectivity index (χ0v) is 24.7. The maximum Gasteiger partial charge on any atom is 0.319 e. The van der Waals surface area contributed by atoms with Gasteiger partial charge in [-0.1, -0.05) is 70.2 Å². The fraction of sp³-hybridized carbons (Fsp3) is 0.375. The predicted molar refractivity (Wildman–Crippen MR) is 163 cm³/mol. The molecule has 0 bridgehead atoms. The van der Waals surface area contributed by atoms with Crippen LogP contribution in [0.3, 0.4) is 0 Å². The van der Waals surface area contributed by atoms with Crippen LogP contribution in [0.15, 0.2) is 66.7 Å². The molecule has 0 spiro atoms. The van der Waals surface area contributed by atoms with Crippen molar-refractivity contribution in [3.8, 4) is 22.5 Å². The summed E-state index contributed by atoms with van der Waals surface area (Å²) in [6, 6.07) is 20.1. The van der Waals surface area contributed by atoms with E-state index >= 15 is 0 Å². The van der Waals surface area contributed by atoms with Crippen LogP contribution in [0, 0.1) is 17.7 Å². The highest BCUT2D eigenvalue weighted by molar-refractivity contribution is 5.96. The third-order valence-electron chi connectivity index (χ3n) is 6.59. The number of aromatic amines is 1. The van der Waals surface area contributed by atoms with Gasteiger partial charge in [0.1, 0.15) is 5.82 Å². The Kier molecular flexibility index (Phi) is 9.37. The molecule has 1 aromatic heterocycles. The average Bonchev–Trinajstić information content (AvgIpc) is 3.43. The van der Waals surface area contributed by atoms with Gasteiger partial charge in [0.15, 0.2) is 0 Å². The van der Waals surface area contributed by atoms with Gasteiger partial charge in [-0.2, -0.15) is 5.21 Å². The lowest BCUT2D eigenvalue weighted by Crippen LogP contribution is -2.47. The molecule has 3 aromatic carbocycles. The van der Waals surface area contributed by atoms with Crippen LogP contribution in [-0.2, 0) is 6.42 Å². The quantitative estimate of drug-likeness (QED) is 0.186. The Labute approximate surface area is 241 Å². The third kappa shape index (κ3) is 8.13. The van der Waals surface area contributed by atoms with Crippen molar-refractivity contribution in [3.63, 3.8) is 0 Å². The largest absolute Gasteiger partial charge is 0.369 e. The summed E-state index contributed by atoms with van der Waals surface area (Å²) in [5.74, 6) is 1.09. The van der Waals surface area contributed by atoms with Gasteiger partial charge in [0.25, 0.3) is 0 Å². The molecule has 9 heteroatoms. The predicted octanol–water partition coefficient (Wildman–Crippen LogP) is 6.93.